The summed E-state index contributed by atoms with van der Waals surface area (Å²) in [5.74, 6) is 0.691. The lowest BCUT2D eigenvalue weighted by molar-refractivity contribution is -0.141. The Morgan fingerprint density at radius 1 is 1.03 bits per heavy atom. The van der Waals surface area contributed by atoms with Crippen LogP contribution < -0.4 is 10.1 Å². The normalized spacial score (nSPS) is 14.9. The van der Waals surface area contributed by atoms with Crippen molar-refractivity contribution in [3.05, 3.63) is 65.7 Å². The van der Waals surface area contributed by atoms with Gasteiger partial charge < -0.3 is 15.0 Å². The molecule has 0 spiro atoms. The van der Waals surface area contributed by atoms with E-state index >= 15 is 0 Å². The number of hydrogen-bond acceptors (Lipinski definition) is 3. The van der Waals surface area contributed by atoms with E-state index in [1.54, 1.807) is 12.0 Å². The number of carbonyl (C=O) groups excluding carboxylic acids is 2. The highest BCUT2D eigenvalue weighted by molar-refractivity contribution is 5.88. The van der Waals surface area contributed by atoms with Crippen LogP contribution in [0.3, 0.4) is 0 Å². The van der Waals surface area contributed by atoms with Crippen LogP contribution in [-0.4, -0.2) is 35.9 Å². The molecule has 1 aliphatic rings. The first-order valence-corrected chi connectivity index (χ1v) is 10.9. The standard InChI is InChI=1S/C25H32N2O3/c1-3-23(25(29)26-21-11-7-8-12-21)27(18-20-13-15-22(30-2)16-14-20)24(28)17-19-9-5-4-6-10-19/h4-6,9-10,13-16,21,23H,3,7-8,11-12,17-18H2,1-2H3,(H,26,29). The summed E-state index contributed by atoms with van der Waals surface area (Å²) in [6.07, 6.45) is 5.23. The number of nitrogens with zero attached hydrogens (tertiary/aromatic N) is 1. The van der Waals surface area contributed by atoms with Gasteiger partial charge in [0.15, 0.2) is 0 Å². The van der Waals surface area contributed by atoms with Crippen LogP contribution in [0.2, 0.25) is 0 Å². The summed E-state index contributed by atoms with van der Waals surface area (Å²) in [5, 5.41) is 3.18. The van der Waals surface area contributed by atoms with Gasteiger partial charge in [-0.15, -0.1) is 0 Å². The summed E-state index contributed by atoms with van der Waals surface area (Å²) in [5.41, 5.74) is 1.93. The van der Waals surface area contributed by atoms with E-state index in [9.17, 15) is 9.59 Å². The van der Waals surface area contributed by atoms with Crippen LogP contribution in [0, 0.1) is 0 Å². The first-order chi connectivity index (χ1) is 14.6. The van der Waals surface area contributed by atoms with Crippen molar-refractivity contribution >= 4 is 11.8 Å². The van der Waals surface area contributed by atoms with Gasteiger partial charge in [-0.05, 0) is 42.5 Å². The van der Waals surface area contributed by atoms with Gasteiger partial charge in [0.1, 0.15) is 11.8 Å². The van der Waals surface area contributed by atoms with Gasteiger partial charge in [0.2, 0.25) is 11.8 Å². The number of nitrogens with one attached hydrogen (secondary N) is 1. The van der Waals surface area contributed by atoms with Crippen molar-refractivity contribution in [1.82, 2.24) is 10.2 Å². The molecule has 1 saturated carbocycles. The molecule has 0 heterocycles. The van der Waals surface area contributed by atoms with Crippen LogP contribution in [0.1, 0.15) is 50.2 Å². The van der Waals surface area contributed by atoms with Gasteiger partial charge in [-0.25, -0.2) is 0 Å². The first-order valence-electron chi connectivity index (χ1n) is 10.9. The van der Waals surface area contributed by atoms with Crippen molar-refractivity contribution in [2.45, 2.75) is 64.1 Å². The molecule has 0 radical (unpaired) electrons. The molecular weight excluding hydrogens is 376 g/mol. The summed E-state index contributed by atoms with van der Waals surface area (Å²) in [4.78, 5) is 28.1. The van der Waals surface area contributed by atoms with Crippen molar-refractivity contribution in [2.75, 3.05) is 7.11 Å². The smallest absolute Gasteiger partial charge is 0.243 e. The van der Waals surface area contributed by atoms with Crippen LogP contribution in [0.5, 0.6) is 5.75 Å². The minimum atomic E-state index is -0.482. The highest BCUT2D eigenvalue weighted by atomic mass is 16.5. The highest BCUT2D eigenvalue weighted by Crippen LogP contribution is 2.20. The monoisotopic (exact) mass is 408 g/mol. The average Bonchev–Trinajstić information content (AvgIpc) is 3.27. The van der Waals surface area contributed by atoms with Crippen LogP contribution in [0.15, 0.2) is 54.6 Å². The van der Waals surface area contributed by atoms with Gasteiger partial charge in [0.05, 0.1) is 13.5 Å². The molecule has 0 aromatic heterocycles. The maximum Gasteiger partial charge on any atom is 0.243 e. The van der Waals surface area contributed by atoms with Crippen molar-refractivity contribution < 1.29 is 14.3 Å². The largest absolute Gasteiger partial charge is 0.497 e. The van der Waals surface area contributed by atoms with E-state index < -0.39 is 6.04 Å². The number of methoxy groups -OCH3 is 1. The van der Waals surface area contributed by atoms with Crippen LogP contribution in [0.25, 0.3) is 0 Å². The Morgan fingerprint density at radius 2 is 1.70 bits per heavy atom. The molecule has 1 N–H and O–H groups in total. The van der Waals surface area contributed by atoms with E-state index in [4.69, 9.17) is 4.74 Å². The predicted octanol–water partition coefficient (Wildman–Crippen LogP) is 4.10. The molecule has 2 amide bonds. The number of amides is 2. The summed E-state index contributed by atoms with van der Waals surface area (Å²) in [6.45, 7) is 2.36. The Morgan fingerprint density at radius 3 is 2.30 bits per heavy atom. The second-order valence-electron chi connectivity index (χ2n) is 7.95. The zero-order valence-corrected chi connectivity index (χ0v) is 18.0. The van der Waals surface area contributed by atoms with Gasteiger partial charge in [0.25, 0.3) is 0 Å². The molecule has 3 rings (SSSR count). The minimum Gasteiger partial charge on any atom is -0.497 e. The fourth-order valence-electron chi connectivity index (χ4n) is 4.09. The van der Waals surface area contributed by atoms with Gasteiger partial charge >= 0.3 is 0 Å². The Bertz CT molecular complexity index is 814. The van der Waals surface area contributed by atoms with Crippen molar-refractivity contribution in [3.8, 4) is 5.75 Å². The second-order valence-corrected chi connectivity index (χ2v) is 7.95. The van der Waals surface area contributed by atoms with E-state index in [-0.39, 0.29) is 24.3 Å². The number of ether oxygens (including phenoxy) is 1. The summed E-state index contributed by atoms with van der Waals surface area (Å²) in [6, 6.07) is 17.1. The van der Waals surface area contributed by atoms with Crippen molar-refractivity contribution in [1.29, 1.82) is 0 Å². The number of hydrogen-bond donors (Lipinski definition) is 1. The molecule has 1 fully saturated rings. The maximum absolute atomic E-state index is 13.3. The number of benzene rings is 2. The molecule has 1 atom stereocenters. The van der Waals surface area contributed by atoms with Crippen LogP contribution >= 0.6 is 0 Å². The third kappa shape index (κ3) is 5.85. The van der Waals surface area contributed by atoms with E-state index in [0.29, 0.717) is 13.0 Å². The molecule has 1 unspecified atom stereocenters. The zero-order valence-electron chi connectivity index (χ0n) is 18.0. The number of carbonyl (C=O) groups is 2. The Balaban J connectivity index is 1.79. The summed E-state index contributed by atoms with van der Waals surface area (Å²) in [7, 11) is 1.63. The predicted molar refractivity (Wildman–Crippen MR) is 118 cm³/mol. The van der Waals surface area contributed by atoms with Crippen molar-refractivity contribution in [2.24, 2.45) is 0 Å². The topological polar surface area (TPSA) is 58.6 Å². The van der Waals surface area contributed by atoms with Crippen molar-refractivity contribution in [3.63, 3.8) is 0 Å². The van der Waals surface area contributed by atoms with E-state index in [0.717, 1.165) is 42.6 Å². The lowest BCUT2D eigenvalue weighted by atomic mass is 10.1. The Hall–Kier alpha value is -2.82. The fraction of sp³-hybridized carbons (Fsp3) is 0.440. The van der Waals surface area contributed by atoms with E-state index in [2.05, 4.69) is 5.32 Å². The first kappa shape index (κ1) is 21.9. The molecule has 30 heavy (non-hydrogen) atoms. The molecule has 160 valence electrons. The third-order valence-corrected chi connectivity index (χ3v) is 5.80. The minimum absolute atomic E-state index is 0.0366. The highest BCUT2D eigenvalue weighted by Gasteiger charge is 2.30. The van der Waals surface area contributed by atoms with Gasteiger partial charge in [-0.3, -0.25) is 9.59 Å². The quantitative estimate of drug-likeness (QED) is 0.679. The van der Waals surface area contributed by atoms with E-state index in [1.807, 2.05) is 61.5 Å². The second kappa shape index (κ2) is 10.8. The molecule has 0 saturated heterocycles. The SMILES string of the molecule is CCC(C(=O)NC1CCCC1)N(Cc1ccc(OC)cc1)C(=O)Cc1ccccc1. The van der Waals surface area contributed by atoms with E-state index in [1.165, 1.54) is 0 Å². The van der Waals surface area contributed by atoms with Gasteiger partial charge in [-0.2, -0.15) is 0 Å². The molecule has 2 aromatic rings. The maximum atomic E-state index is 13.3. The summed E-state index contributed by atoms with van der Waals surface area (Å²) < 4.78 is 5.24. The fourth-order valence-corrected chi connectivity index (χ4v) is 4.09. The molecule has 5 nitrogen and oxygen atoms in total. The Labute approximate surface area is 179 Å². The van der Waals surface area contributed by atoms with Crippen LogP contribution in [0.4, 0.5) is 0 Å². The molecule has 0 bridgehead atoms. The molecule has 5 heteroatoms. The lowest BCUT2D eigenvalue weighted by Gasteiger charge is -2.31. The molecule has 0 aliphatic heterocycles. The number of rotatable bonds is 9. The average molecular weight is 409 g/mol. The Kier molecular flexibility index (Phi) is 7.89. The molecule has 2 aromatic carbocycles. The van der Waals surface area contributed by atoms with Gasteiger partial charge in [-0.1, -0.05) is 62.2 Å². The zero-order chi connectivity index (χ0) is 21.3. The van der Waals surface area contributed by atoms with Crippen LogP contribution in [-0.2, 0) is 22.6 Å². The van der Waals surface area contributed by atoms with Gasteiger partial charge in [0, 0.05) is 12.6 Å². The summed E-state index contributed by atoms with van der Waals surface area (Å²) >= 11 is 0. The molecule has 1 aliphatic carbocycles. The lowest BCUT2D eigenvalue weighted by Crippen LogP contribution is -2.51. The molecular formula is C25H32N2O3. The third-order valence-electron chi connectivity index (χ3n) is 5.80.